The molecular weight excluding hydrogens is 197 g/mol. The highest BCUT2D eigenvalue weighted by Gasteiger charge is 2.15. The van der Waals surface area contributed by atoms with Crippen LogP contribution in [0.15, 0.2) is 18.2 Å². The highest BCUT2D eigenvalue weighted by atomic mass is 19.1. The lowest BCUT2D eigenvalue weighted by atomic mass is 10.2. The Morgan fingerprint density at radius 1 is 1.40 bits per heavy atom. The molecule has 0 amide bonds. The second-order valence-electron chi connectivity index (χ2n) is 3.52. The fraction of sp³-hybridized carbons (Fsp3) is 0.455. The van der Waals surface area contributed by atoms with Gasteiger partial charge in [-0.25, -0.2) is 4.39 Å². The van der Waals surface area contributed by atoms with Gasteiger partial charge in [0.2, 0.25) is 0 Å². The minimum atomic E-state index is -0.186. The van der Waals surface area contributed by atoms with E-state index in [1.54, 1.807) is 19.1 Å². The minimum Gasteiger partial charge on any atom is -0.380 e. The zero-order valence-electron chi connectivity index (χ0n) is 8.63. The predicted molar refractivity (Wildman–Crippen MR) is 55.3 cm³/mol. The molecule has 1 aliphatic heterocycles. The normalized spacial score (nSPS) is 16.9. The first-order valence-corrected chi connectivity index (χ1v) is 4.99. The number of anilines is 1. The molecule has 1 heterocycles. The van der Waals surface area contributed by atoms with Crippen molar-refractivity contribution in [1.82, 2.24) is 0 Å². The van der Waals surface area contributed by atoms with Gasteiger partial charge in [0.15, 0.2) is 6.29 Å². The smallest absolute Gasteiger partial charge is 0.174 e. The van der Waals surface area contributed by atoms with Crippen LogP contribution in [-0.2, 0) is 9.47 Å². The van der Waals surface area contributed by atoms with Gasteiger partial charge in [-0.2, -0.15) is 0 Å². The lowest BCUT2D eigenvalue weighted by Gasteiger charge is -2.11. The molecule has 0 bridgehead atoms. The van der Waals surface area contributed by atoms with Gasteiger partial charge in [-0.15, -0.1) is 0 Å². The van der Waals surface area contributed by atoms with Gasteiger partial charge in [-0.3, -0.25) is 0 Å². The summed E-state index contributed by atoms with van der Waals surface area (Å²) in [5, 5.41) is 3.14. The summed E-state index contributed by atoms with van der Waals surface area (Å²) in [5.74, 6) is -0.186. The molecule has 0 aromatic heterocycles. The van der Waals surface area contributed by atoms with Crippen LogP contribution in [0.2, 0.25) is 0 Å². The van der Waals surface area contributed by atoms with E-state index in [0.29, 0.717) is 25.3 Å². The highest BCUT2D eigenvalue weighted by Crippen LogP contribution is 2.14. The Hall–Kier alpha value is -1.13. The van der Waals surface area contributed by atoms with E-state index in [-0.39, 0.29) is 12.1 Å². The van der Waals surface area contributed by atoms with E-state index in [0.717, 1.165) is 5.69 Å². The van der Waals surface area contributed by atoms with Crippen molar-refractivity contribution in [2.45, 2.75) is 13.2 Å². The molecule has 82 valence electrons. The van der Waals surface area contributed by atoms with Gasteiger partial charge in [0.25, 0.3) is 0 Å². The van der Waals surface area contributed by atoms with Crippen molar-refractivity contribution in [2.75, 3.05) is 25.1 Å². The summed E-state index contributed by atoms with van der Waals surface area (Å²) >= 11 is 0. The third-order valence-corrected chi connectivity index (χ3v) is 2.32. The SMILES string of the molecule is Cc1cc(NCC2OCCO2)ccc1F. The number of ether oxygens (including phenoxy) is 2. The number of halogens is 1. The Morgan fingerprint density at radius 3 is 2.80 bits per heavy atom. The molecule has 0 saturated carbocycles. The van der Waals surface area contributed by atoms with Crippen LogP contribution in [0, 0.1) is 12.7 Å². The second-order valence-corrected chi connectivity index (χ2v) is 3.52. The third-order valence-electron chi connectivity index (χ3n) is 2.32. The number of rotatable bonds is 3. The maximum Gasteiger partial charge on any atom is 0.174 e. The Morgan fingerprint density at radius 2 is 2.13 bits per heavy atom. The number of hydrogen-bond donors (Lipinski definition) is 1. The van der Waals surface area contributed by atoms with Crippen molar-refractivity contribution in [3.05, 3.63) is 29.6 Å². The van der Waals surface area contributed by atoms with Crippen LogP contribution >= 0.6 is 0 Å². The topological polar surface area (TPSA) is 30.5 Å². The van der Waals surface area contributed by atoms with Crippen LogP contribution in [0.3, 0.4) is 0 Å². The zero-order chi connectivity index (χ0) is 10.7. The van der Waals surface area contributed by atoms with E-state index in [4.69, 9.17) is 9.47 Å². The summed E-state index contributed by atoms with van der Waals surface area (Å²) < 4.78 is 23.5. The Bertz CT molecular complexity index is 337. The number of hydrogen-bond acceptors (Lipinski definition) is 3. The Balaban J connectivity index is 1.90. The van der Waals surface area contributed by atoms with E-state index in [2.05, 4.69) is 5.32 Å². The van der Waals surface area contributed by atoms with Gasteiger partial charge in [-0.05, 0) is 30.7 Å². The van der Waals surface area contributed by atoms with Crippen molar-refractivity contribution < 1.29 is 13.9 Å². The monoisotopic (exact) mass is 211 g/mol. The van der Waals surface area contributed by atoms with Gasteiger partial charge in [-0.1, -0.05) is 0 Å². The highest BCUT2D eigenvalue weighted by molar-refractivity contribution is 5.45. The molecule has 0 radical (unpaired) electrons. The standard InChI is InChI=1S/C11H14FNO2/c1-8-6-9(2-3-10(8)12)13-7-11-14-4-5-15-11/h2-3,6,11,13H,4-5,7H2,1H3. The average Bonchev–Trinajstić information content (AvgIpc) is 2.73. The molecule has 1 aliphatic rings. The Labute approximate surface area is 88.2 Å². The van der Waals surface area contributed by atoms with E-state index in [1.165, 1.54) is 6.07 Å². The lowest BCUT2D eigenvalue weighted by Crippen LogP contribution is -2.20. The first-order chi connectivity index (χ1) is 7.25. The third kappa shape index (κ3) is 2.67. The maximum absolute atomic E-state index is 13.0. The minimum absolute atomic E-state index is 0.185. The van der Waals surface area contributed by atoms with Crippen LogP contribution in [0.5, 0.6) is 0 Å². The maximum atomic E-state index is 13.0. The van der Waals surface area contributed by atoms with Crippen molar-refractivity contribution >= 4 is 5.69 Å². The number of benzene rings is 1. The molecule has 3 nitrogen and oxygen atoms in total. The Kier molecular flexibility index (Phi) is 3.18. The van der Waals surface area contributed by atoms with Crippen LogP contribution in [0.1, 0.15) is 5.56 Å². The number of nitrogens with one attached hydrogen (secondary N) is 1. The fourth-order valence-electron chi connectivity index (χ4n) is 1.48. The zero-order valence-corrected chi connectivity index (χ0v) is 8.63. The van der Waals surface area contributed by atoms with E-state index in [9.17, 15) is 4.39 Å². The molecule has 1 saturated heterocycles. The van der Waals surface area contributed by atoms with Crippen LogP contribution in [0.25, 0.3) is 0 Å². The van der Waals surface area contributed by atoms with Gasteiger partial charge in [0, 0.05) is 5.69 Å². The summed E-state index contributed by atoms with van der Waals surface area (Å²) in [6.45, 7) is 3.62. The summed E-state index contributed by atoms with van der Waals surface area (Å²) in [7, 11) is 0. The molecule has 0 spiro atoms. The summed E-state index contributed by atoms with van der Waals surface area (Å²) in [6.07, 6.45) is -0.185. The lowest BCUT2D eigenvalue weighted by molar-refractivity contribution is -0.0299. The summed E-state index contributed by atoms with van der Waals surface area (Å²) in [6, 6.07) is 4.93. The summed E-state index contributed by atoms with van der Waals surface area (Å²) in [4.78, 5) is 0. The van der Waals surface area contributed by atoms with Gasteiger partial charge in [0.1, 0.15) is 5.82 Å². The van der Waals surface area contributed by atoms with Crippen molar-refractivity contribution in [2.24, 2.45) is 0 Å². The van der Waals surface area contributed by atoms with E-state index in [1.807, 2.05) is 0 Å². The first kappa shape index (κ1) is 10.4. The van der Waals surface area contributed by atoms with Crippen molar-refractivity contribution in [3.63, 3.8) is 0 Å². The van der Waals surface area contributed by atoms with E-state index < -0.39 is 0 Å². The molecule has 1 fully saturated rings. The molecule has 4 heteroatoms. The molecule has 1 aromatic carbocycles. The molecular formula is C11H14FNO2. The average molecular weight is 211 g/mol. The van der Waals surface area contributed by atoms with Gasteiger partial charge < -0.3 is 14.8 Å². The molecule has 2 rings (SSSR count). The quantitative estimate of drug-likeness (QED) is 0.828. The largest absolute Gasteiger partial charge is 0.380 e. The molecule has 1 aromatic rings. The predicted octanol–water partition coefficient (Wildman–Crippen LogP) is 1.92. The van der Waals surface area contributed by atoms with Crippen molar-refractivity contribution in [3.8, 4) is 0 Å². The molecule has 0 unspecified atom stereocenters. The van der Waals surface area contributed by atoms with Crippen LogP contribution in [-0.4, -0.2) is 26.0 Å². The summed E-state index contributed by atoms with van der Waals surface area (Å²) in [5.41, 5.74) is 1.52. The fourth-order valence-corrected chi connectivity index (χ4v) is 1.48. The van der Waals surface area contributed by atoms with Crippen LogP contribution in [0.4, 0.5) is 10.1 Å². The number of aryl methyl sites for hydroxylation is 1. The van der Waals surface area contributed by atoms with Crippen LogP contribution < -0.4 is 5.32 Å². The molecule has 15 heavy (non-hydrogen) atoms. The van der Waals surface area contributed by atoms with E-state index >= 15 is 0 Å². The first-order valence-electron chi connectivity index (χ1n) is 4.99. The van der Waals surface area contributed by atoms with Gasteiger partial charge in [0.05, 0.1) is 19.8 Å². The molecule has 1 N–H and O–H groups in total. The second kappa shape index (κ2) is 4.59. The molecule has 0 aliphatic carbocycles. The van der Waals surface area contributed by atoms with Crippen molar-refractivity contribution in [1.29, 1.82) is 0 Å². The van der Waals surface area contributed by atoms with Gasteiger partial charge >= 0.3 is 0 Å². The molecule has 0 atom stereocenters.